The van der Waals surface area contributed by atoms with Crippen molar-refractivity contribution in [3.05, 3.63) is 75.5 Å². The van der Waals surface area contributed by atoms with Crippen LogP contribution in [0.5, 0.6) is 0 Å². The second-order valence-corrected chi connectivity index (χ2v) is 7.82. The highest BCUT2D eigenvalue weighted by molar-refractivity contribution is 6.24. The van der Waals surface area contributed by atoms with Crippen molar-refractivity contribution >= 4 is 11.4 Å². The van der Waals surface area contributed by atoms with Crippen molar-refractivity contribution in [2.45, 2.75) is 52.4 Å². The zero-order valence-electron chi connectivity index (χ0n) is 15.6. The number of aliphatic hydroxyl groups excluding tert-OH is 1. The standard InChI is InChI=1S/C24H26O2/c1-15-7-5-8-16(2)22(15)23-21(25)14-19(24(23)26)13-18-11-6-10-17-9-3-4-12-20(17)18/h5-8,10-11,19,26H,3-4,9,12-14H2,1-2H3. The zero-order valence-corrected chi connectivity index (χ0v) is 15.6. The maximum Gasteiger partial charge on any atom is 0.167 e. The molecule has 0 fully saturated rings. The molecule has 2 aromatic rings. The molecule has 0 heterocycles. The van der Waals surface area contributed by atoms with Gasteiger partial charge in [-0.15, -0.1) is 0 Å². The van der Waals surface area contributed by atoms with E-state index in [4.69, 9.17) is 0 Å². The molecule has 0 saturated heterocycles. The highest BCUT2D eigenvalue weighted by atomic mass is 16.3. The molecule has 0 aromatic heterocycles. The summed E-state index contributed by atoms with van der Waals surface area (Å²) in [5.74, 6) is 0.278. The van der Waals surface area contributed by atoms with E-state index in [1.807, 2.05) is 32.0 Å². The quantitative estimate of drug-likeness (QED) is 0.820. The molecule has 134 valence electrons. The molecule has 2 aliphatic rings. The van der Waals surface area contributed by atoms with Crippen LogP contribution in [0.1, 0.15) is 52.6 Å². The van der Waals surface area contributed by atoms with E-state index in [2.05, 4.69) is 18.2 Å². The molecule has 0 spiro atoms. The third-order valence-electron chi connectivity index (χ3n) is 6.04. The minimum absolute atomic E-state index is 0.0784. The average molecular weight is 346 g/mol. The molecule has 0 radical (unpaired) electrons. The van der Waals surface area contributed by atoms with Crippen LogP contribution in [0.2, 0.25) is 0 Å². The summed E-state index contributed by atoms with van der Waals surface area (Å²) in [7, 11) is 0. The number of carbonyl (C=O) groups is 1. The number of aliphatic hydroxyl groups is 1. The summed E-state index contributed by atoms with van der Waals surface area (Å²) in [5.41, 5.74) is 7.81. The van der Waals surface area contributed by atoms with Crippen LogP contribution in [0, 0.1) is 19.8 Å². The van der Waals surface area contributed by atoms with Crippen LogP contribution in [0.15, 0.2) is 42.2 Å². The lowest BCUT2D eigenvalue weighted by molar-refractivity contribution is -0.113. The first-order valence-corrected chi connectivity index (χ1v) is 9.69. The van der Waals surface area contributed by atoms with Crippen LogP contribution in [0.3, 0.4) is 0 Å². The summed E-state index contributed by atoms with van der Waals surface area (Å²) < 4.78 is 0. The van der Waals surface area contributed by atoms with Crippen molar-refractivity contribution in [3.8, 4) is 0 Å². The van der Waals surface area contributed by atoms with Crippen LogP contribution in [0.4, 0.5) is 0 Å². The minimum atomic E-state index is -0.0927. The topological polar surface area (TPSA) is 37.3 Å². The molecule has 2 aliphatic carbocycles. The van der Waals surface area contributed by atoms with Crippen LogP contribution in [-0.4, -0.2) is 10.9 Å². The number of aryl methyl sites for hydroxylation is 3. The normalized spacial score (nSPS) is 19.8. The molecule has 1 N–H and O–H groups in total. The Kier molecular flexibility index (Phi) is 4.44. The van der Waals surface area contributed by atoms with Crippen LogP contribution >= 0.6 is 0 Å². The molecule has 0 amide bonds. The van der Waals surface area contributed by atoms with E-state index in [1.54, 1.807) is 0 Å². The van der Waals surface area contributed by atoms with Crippen molar-refractivity contribution in [2.24, 2.45) is 5.92 Å². The van der Waals surface area contributed by atoms with Gasteiger partial charge in [-0.05, 0) is 79.3 Å². The van der Waals surface area contributed by atoms with Gasteiger partial charge in [-0.25, -0.2) is 0 Å². The molecule has 0 saturated carbocycles. The Morgan fingerprint density at radius 1 is 1.00 bits per heavy atom. The smallest absolute Gasteiger partial charge is 0.167 e. The number of Topliss-reactive ketones (excluding diaryl/α,β-unsaturated/α-hetero) is 1. The van der Waals surface area contributed by atoms with Gasteiger partial charge in [0.2, 0.25) is 0 Å². The van der Waals surface area contributed by atoms with Gasteiger partial charge in [0.1, 0.15) is 5.76 Å². The minimum Gasteiger partial charge on any atom is -0.511 e. The average Bonchev–Trinajstić information content (AvgIpc) is 2.90. The molecule has 0 bridgehead atoms. The van der Waals surface area contributed by atoms with Gasteiger partial charge in [0.05, 0.1) is 5.57 Å². The van der Waals surface area contributed by atoms with Gasteiger partial charge >= 0.3 is 0 Å². The summed E-state index contributed by atoms with van der Waals surface area (Å²) in [6.45, 7) is 4.02. The number of rotatable bonds is 3. The summed E-state index contributed by atoms with van der Waals surface area (Å²) in [6, 6.07) is 12.6. The Labute approximate surface area is 155 Å². The number of fused-ring (bicyclic) bond motifs is 1. The van der Waals surface area contributed by atoms with Crippen molar-refractivity contribution in [3.63, 3.8) is 0 Å². The maximum absolute atomic E-state index is 12.8. The molecular formula is C24H26O2. The highest BCUT2D eigenvalue weighted by Gasteiger charge is 2.35. The van der Waals surface area contributed by atoms with E-state index < -0.39 is 0 Å². The molecule has 1 atom stereocenters. The largest absolute Gasteiger partial charge is 0.511 e. The molecular weight excluding hydrogens is 320 g/mol. The second kappa shape index (κ2) is 6.75. The molecule has 1 unspecified atom stereocenters. The van der Waals surface area contributed by atoms with Crippen molar-refractivity contribution < 1.29 is 9.90 Å². The monoisotopic (exact) mass is 346 g/mol. The van der Waals surface area contributed by atoms with Crippen molar-refractivity contribution in [1.29, 1.82) is 0 Å². The third-order valence-corrected chi connectivity index (χ3v) is 6.04. The van der Waals surface area contributed by atoms with E-state index in [1.165, 1.54) is 29.5 Å². The molecule has 2 nitrogen and oxygen atoms in total. The van der Waals surface area contributed by atoms with E-state index in [0.717, 1.165) is 36.0 Å². The summed E-state index contributed by atoms with van der Waals surface area (Å²) >= 11 is 0. The summed E-state index contributed by atoms with van der Waals surface area (Å²) in [6.07, 6.45) is 5.96. The lowest BCUT2D eigenvalue weighted by Crippen LogP contribution is -2.11. The van der Waals surface area contributed by atoms with Crippen LogP contribution < -0.4 is 0 Å². The molecule has 2 aromatic carbocycles. The molecule has 26 heavy (non-hydrogen) atoms. The predicted molar refractivity (Wildman–Crippen MR) is 105 cm³/mol. The van der Waals surface area contributed by atoms with Gasteiger partial charge in [-0.3, -0.25) is 4.79 Å². The second-order valence-electron chi connectivity index (χ2n) is 7.82. The van der Waals surface area contributed by atoms with E-state index in [9.17, 15) is 9.90 Å². The van der Waals surface area contributed by atoms with Gasteiger partial charge in [0.15, 0.2) is 5.78 Å². The Hall–Kier alpha value is -2.35. The summed E-state index contributed by atoms with van der Waals surface area (Å²) in [4.78, 5) is 12.8. The van der Waals surface area contributed by atoms with Gasteiger partial charge < -0.3 is 5.11 Å². The Balaban J connectivity index is 1.70. The van der Waals surface area contributed by atoms with Gasteiger partial charge in [0.25, 0.3) is 0 Å². The lowest BCUT2D eigenvalue weighted by Gasteiger charge is -2.21. The SMILES string of the molecule is Cc1cccc(C)c1C1=C(O)C(Cc2cccc3c2CCCC3)CC1=O. The molecule has 0 aliphatic heterocycles. The zero-order chi connectivity index (χ0) is 18.3. The first kappa shape index (κ1) is 17.1. The fourth-order valence-electron chi connectivity index (χ4n) is 4.73. The predicted octanol–water partition coefficient (Wildman–Crippen LogP) is 5.28. The first-order chi connectivity index (χ1) is 12.6. The summed E-state index contributed by atoms with van der Waals surface area (Å²) in [5, 5.41) is 10.9. The van der Waals surface area contributed by atoms with Gasteiger partial charge in [-0.2, -0.15) is 0 Å². The van der Waals surface area contributed by atoms with Crippen LogP contribution in [0.25, 0.3) is 5.57 Å². The number of allylic oxidation sites excluding steroid dienone is 2. The van der Waals surface area contributed by atoms with Crippen LogP contribution in [-0.2, 0) is 24.1 Å². The first-order valence-electron chi connectivity index (χ1n) is 9.69. The van der Waals surface area contributed by atoms with E-state index in [0.29, 0.717) is 17.8 Å². The third kappa shape index (κ3) is 2.88. The number of carbonyl (C=O) groups excluding carboxylic acids is 1. The lowest BCUT2D eigenvalue weighted by atomic mass is 9.85. The van der Waals surface area contributed by atoms with E-state index in [-0.39, 0.29) is 11.7 Å². The molecule has 4 rings (SSSR count). The molecule has 2 heteroatoms. The highest BCUT2D eigenvalue weighted by Crippen LogP contribution is 2.39. The Morgan fingerprint density at radius 3 is 2.46 bits per heavy atom. The Bertz CT molecular complexity index is 884. The van der Waals surface area contributed by atoms with E-state index >= 15 is 0 Å². The number of ketones is 1. The van der Waals surface area contributed by atoms with Crippen molar-refractivity contribution in [1.82, 2.24) is 0 Å². The van der Waals surface area contributed by atoms with Gasteiger partial charge in [0, 0.05) is 12.3 Å². The maximum atomic E-state index is 12.8. The fraction of sp³-hybridized carbons (Fsp3) is 0.375. The number of hydrogen-bond acceptors (Lipinski definition) is 2. The fourth-order valence-corrected chi connectivity index (χ4v) is 4.73. The number of benzene rings is 2. The Morgan fingerprint density at radius 2 is 1.69 bits per heavy atom. The van der Waals surface area contributed by atoms with Gasteiger partial charge in [-0.1, -0.05) is 36.4 Å². The number of hydrogen-bond donors (Lipinski definition) is 1. The van der Waals surface area contributed by atoms with Crippen molar-refractivity contribution in [2.75, 3.05) is 0 Å².